The Hall–Kier alpha value is -3.66. The first kappa shape index (κ1) is 23.7. The first-order valence-corrected chi connectivity index (χ1v) is 13.2. The number of benzene rings is 1. The molecule has 1 aromatic carbocycles. The van der Waals surface area contributed by atoms with Crippen LogP contribution in [0.1, 0.15) is 74.7 Å². The van der Waals surface area contributed by atoms with E-state index >= 15 is 0 Å². The first-order chi connectivity index (χ1) is 18.2. The summed E-state index contributed by atoms with van der Waals surface area (Å²) in [5.74, 6) is 3.02. The number of rotatable bonds is 8. The molecule has 6 rings (SSSR count). The van der Waals surface area contributed by atoms with Crippen molar-refractivity contribution in [3.05, 3.63) is 64.1 Å². The Labute approximate surface area is 214 Å². The third-order valence-corrected chi connectivity index (χ3v) is 7.46. The normalized spacial score (nSPS) is 16.9. The van der Waals surface area contributed by atoms with E-state index in [4.69, 9.17) is 13.9 Å². The van der Waals surface area contributed by atoms with E-state index in [0.29, 0.717) is 49.4 Å². The highest BCUT2D eigenvalue weighted by molar-refractivity contribution is 5.83. The quantitative estimate of drug-likeness (QED) is 0.372. The summed E-state index contributed by atoms with van der Waals surface area (Å²) in [6.07, 6.45) is 8.30. The summed E-state index contributed by atoms with van der Waals surface area (Å²) in [7, 11) is 0. The SMILES string of the molecule is CC[C@H](c1nnnn1C1CCCCC1)N(Cc1ccco1)Cc1cc2cc3c(cc2[nH]c1=O)OCCO3. The maximum atomic E-state index is 13.2. The number of ether oxygens (including phenoxy) is 2. The van der Waals surface area contributed by atoms with E-state index in [0.717, 1.165) is 41.8 Å². The molecule has 0 radical (unpaired) electrons. The van der Waals surface area contributed by atoms with E-state index in [1.807, 2.05) is 35.0 Å². The molecule has 0 unspecified atom stereocenters. The van der Waals surface area contributed by atoms with Gasteiger partial charge in [-0.2, -0.15) is 0 Å². The van der Waals surface area contributed by atoms with Crippen LogP contribution in [0.2, 0.25) is 0 Å². The Kier molecular flexibility index (Phi) is 6.65. The minimum atomic E-state index is -0.129. The second-order valence-electron chi connectivity index (χ2n) is 9.89. The van der Waals surface area contributed by atoms with E-state index in [2.05, 4.69) is 32.3 Å². The van der Waals surface area contributed by atoms with Crippen LogP contribution < -0.4 is 15.0 Å². The Morgan fingerprint density at radius 1 is 1.11 bits per heavy atom. The Morgan fingerprint density at radius 3 is 2.68 bits per heavy atom. The fourth-order valence-corrected chi connectivity index (χ4v) is 5.61. The summed E-state index contributed by atoms with van der Waals surface area (Å²) in [4.78, 5) is 18.5. The molecule has 1 atom stereocenters. The molecule has 1 aliphatic heterocycles. The molecule has 3 aromatic heterocycles. The number of tetrazole rings is 1. The van der Waals surface area contributed by atoms with Crippen molar-refractivity contribution in [3.8, 4) is 11.5 Å². The van der Waals surface area contributed by atoms with Gasteiger partial charge in [0.1, 0.15) is 19.0 Å². The third-order valence-electron chi connectivity index (χ3n) is 7.46. The third kappa shape index (κ3) is 4.85. The first-order valence-electron chi connectivity index (χ1n) is 13.2. The largest absolute Gasteiger partial charge is 0.486 e. The summed E-state index contributed by atoms with van der Waals surface area (Å²) >= 11 is 0. The number of nitrogens with zero attached hydrogens (tertiary/aromatic N) is 5. The van der Waals surface area contributed by atoms with Gasteiger partial charge in [0.25, 0.3) is 5.56 Å². The maximum absolute atomic E-state index is 13.2. The molecular formula is C27H32N6O4. The fraction of sp³-hybridized carbons (Fsp3) is 0.481. The number of hydrogen-bond acceptors (Lipinski definition) is 8. The van der Waals surface area contributed by atoms with E-state index in [9.17, 15) is 4.79 Å². The van der Waals surface area contributed by atoms with Gasteiger partial charge in [0.15, 0.2) is 17.3 Å². The molecule has 4 aromatic rings. The molecule has 1 fully saturated rings. The molecular weight excluding hydrogens is 472 g/mol. The number of aromatic amines is 1. The van der Waals surface area contributed by atoms with Gasteiger partial charge in [-0.25, -0.2) is 4.68 Å². The lowest BCUT2D eigenvalue weighted by Gasteiger charge is -2.31. The van der Waals surface area contributed by atoms with E-state index in [1.54, 1.807) is 6.26 Å². The lowest BCUT2D eigenvalue weighted by atomic mass is 9.95. The van der Waals surface area contributed by atoms with Gasteiger partial charge < -0.3 is 18.9 Å². The number of nitrogens with one attached hydrogen (secondary N) is 1. The van der Waals surface area contributed by atoms with E-state index in [-0.39, 0.29) is 11.6 Å². The highest BCUT2D eigenvalue weighted by atomic mass is 16.6. The van der Waals surface area contributed by atoms with Gasteiger partial charge in [-0.15, -0.1) is 5.10 Å². The Bertz CT molecular complexity index is 1410. The zero-order valence-corrected chi connectivity index (χ0v) is 21.1. The maximum Gasteiger partial charge on any atom is 0.252 e. The number of fused-ring (bicyclic) bond motifs is 2. The summed E-state index contributed by atoms with van der Waals surface area (Å²) in [5, 5.41) is 13.9. The molecule has 4 heterocycles. The van der Waals surface area contributed by atoms with Crippen LogP contribution in [-0.2, 0) is 13.1 Å². The van der Waals surface area contributed by atoms with Crippen LogP contribution in [0.25, 0.3) is 10.9 Å². The van der Waals surface area contributed by atoms with Gasteiger partial charge in [0.05, 0.1) is 30.4 Å². The zero-order chi connectivity index (χ0) is 25.2. The van der Waals surface area contributed by atoms with E-state index in [1.165, 1.54) is 19.3 Å². The predicted molar refractivity (Wildman–Crippen MR) is 136 cm³/mol. The van der Waals surface area contributed by atoms with Crippen molar-refractivity contribution in [2.45, 2.75) is 70.6 Å². The van der Waals surface area contributed by atoms with Crippen LogP contribution in [0, 0.1) is 0 Å². The second-order valence-corrected chi connectivity index (χ2v) is 9.89. The van der Waals surface area contributed by atoms with Crippen molar-refractivity contribution >= 4 is 10.9 Å². The fourth-order valence-electron chi connectivity index (χ4n) is 5.61. The lowest BCUT2D eigenvalue weighted by molar-refractivity contribution is 0.144. The molecule has 1 aliphatic carbocycles. The Balaban J connectivity index is 1.36. The van der Waals surface area contributed by atoms with Crippen LogP contribution in [0.5, 0.6) is 11.5 Å². The van der Waals surface area contributed by atoms with Crippen molar-refractivity contribution in [2.24, 2.45) is 0 Å². The number of pyridine rings is 1. The highest BCUT2D eigenvalue weighted by Gasteiger charge is 2.29. The second kappa shape index (κ2) is 10.4. The topological polar surface area (TPSA) is 111 Å². The minimum absolute atomic E-state index is 0.0858. The van der Waals surface area contributed by atoms with Gasteiger partial charge in [0.2, 0.25) is 0 Å². The molecule has 1 saturated carbocycles. The molecule has 0 bridgehead atoms. The van der Waals surface area contributed by atoms with E-state index < -0.39 is 0 Å². The van der Waals surface area contributed by atoms with Crippen LogP contribution in [0.3, 0.4) is 0 Å². The van der Waals surface area contributed by atoms with Gasteiger partial charge in [0, 0.05) is 23.6 Å². The molecule has 10 nitrogen and oxygen atoms in total. The predicted octanol–water partition coefficient (Wildman–Crippen LogP) is 4.54. The summed E-state index contributed by atoms with van der Waals surface area (Å²) in [6.45, 7) is 4.09. The van der Waals surface area contributed by atoms with Crippen LogP contribution >= 0.6 is 0 Å². The summed E-state index contributed by atoms with van der Waals surface area (Å²) < 4.78 is 19.2. The highest BCUT2D eigenvalue weighted by Crippen LogP contribution is 2.35. The zero-order valence-electron chi connectivity index (χ0n) is 21.1. The summed E-state index contributed by atoms with van der Waals surface area (Å²) in [6, 6.07) is 9.78. The molecule has 0 amide bonds. The van der Waals surface area contributed by atoms with Crippen LogP contribution in [0.4, 0.5) is 0 Å². The molecule has 194 valence electrons. The molecule has 0 saturated heterocycles. The standard InChI is InChI=1S/C27H32N6O4/c1-2-23(26-29-30-31-33(26)20-7-4-3-5-8-20)32(17-21-9-6-10-35-21)16-19-13-18-14-24-25(37-12-11-36-24)15-22(18)28-27(19)34/h6,9-10,13-15,20,23H,2-5,7-8,11-12,16-17H2,1H3,(H,28,34)/t23-/m1/s1. The van der Waals surface area contributed by atoms with Crippen molar-refractivity contribution in [1.29, 1.82) is 0 Å². The number of H-pyrrole nitrogens is 1. The average molecular weight is 505 g/mol. The van der Waals surface area contributed by atoms with Crippen LogP contribution in [0.15, 0.2) is 45.8 Å². The number of hydrogen-bond donors (Lipinski definition) is 1. The molecule has 0 spiro atoms. The lowest BCUT2D eigenvalue weighted by Crippen LogP contribution is -2.33. The summed E-state index contributed by atoms with van der Waals surface area (Å²) in [5.41, 5.74) is 1.25. The van der Waals surface area contributed by atoms with Crippen molar-refractivity contribution in [3.63, 3.8) is 0 Å². The number of aromatic nitrogens is 5. The van der Waals surface area contributed by atoms with Crippen molar-refractivity contribution in [1.82, 2.24) is 30.1 Å². The Morgan fingerprint density at radius 2 is 1.92 bits per heavy atom. The molecule has 2 aliphatic rings. The molecule has 10 heteroatoms. The van der Waals surface area contributed by atoms with Gasteiger partial charge in [-0.3, -0.25) is 9.69 Å². The van der Waals surface area contributed by atoms with Crippen LogP contribution in [-0.4, -0.2) is 43.3 Å². The van der Waals surface area contributed by atoms with Gasteiger partial charge in [-0.1, -0.05) is 26.2 Å². The average Bonchev–Trinajstić information content (AvgIpc) is 3.62. The minimum Gasteiger partial charge on any atom is -0.486 e. The van der Waals surface area contributed by atoms with Crippen molar-refractivity contribution < 1.29 is 13.9 Å². The molecule has 1 N–H and O–H groups in total. The van der Waals surface area contributed by atoms with Gasteiger partial charge in [-0.05, 0) is 54.0 Å². The molecule has 37 heavy (non-hydrogen) atoms. The number of furan rings is 1. The smallest absolute Gasteiger partial charge is 0.252 e. The van der Waals surface area contributed by atoms with Crippen molar-refractivity contribution in [2.75, 3.05) is 13.2 Å². The van der Waals surface area contributed by atoms with Gasteiger partial charge >= 0.3 is 0 Å². The monoisotopic (exact) mass is 504 g/mol.